The molecule has 0 radical (unpaired) electrons. The van der Waals surface area contributed by atoms with E-state index >= 15 is 0 Å². The van der Waals surface area contributed by atoms with E-state index in [9.17, 15) is 0 Å². The van der Waals surface area contributed by atoms with Crippen LogP contribution in [0.2, 0.25) is 12.1 Å². The third-order valence-corrected chi connectivity index (χ3v) is 9.38. The van der Waals surface area contributed by atoms with Crippen molar-refractivity contribution in [2.24, 2.45) is 11.5 Å². The SMILES string of the molecule is CCO[Si](CCCN)(OCC)OCC.CO[Si](CCCN)(OC)OC. The summed E-state index contributed by atoms with van der Waals surface area (Å²) in [5.41, 5.74) is 10.8. The molecule has 0 saturated heterocycles. The van der Waals surface area contributed by atoms with Gasteiger partial charge in [0.2, 0.25) is 0 Å². The highest BCUT2D eigenvalue weighted by Gasteiger charge is 2.39. The van der Waals surface area contributed by atoms with E-state index < -0.39 is 17.6 Å². The van der Waals surface area contributed by atoms with Crippen LogP contribution in [0.25, 0.3) is 0 Å². The Balaban J connectivity index is 0. The van der Waals surface area contributed by atoms with Gasteiger partial charge >= 0.3 is 17.6 Å². The highest BCUT2D eigenvalue weighted by atomic mass is 28.4. The van der Waals surface area contributed by atoms with Crippen molar-refractivity contribution in [2.75, 3.05) is 54.2 Å². The Morgan fingerprint density at radius 3 is 1.16 bits per heavy atom. The predicted octanol–water partition coefficient (Wildman–Crippen LogP) is 1.60. The molecule has 8 nitrogen and oxygen atoms in total. The van der Waals surface area contributed by atoms with Crippen LogP contribution in [0.1, 0.15) is 33.6 Å². The van der Waals surface area contributed by atoms with Crippen molar-refractivity contribution in [3.05, 3.63) is 0 Å². The Kier molecular flexibility index (Phi) is 19.2. The van der Waals surface area contributed by atoms with Crippen molar-refractivity contribution in [1.29, 1.82) is 0 Å². The lowest BCUT2D eigenvalue weighted by atomic mass is 10.5. The number of hydrogen-bond donors (Lipinski definition) is 2. The minimum absolute atomic E-state index is 0.636. The van der Waals surface area contributed by atoms with Crippen molar-refractivity contribution >= 4 is 17.6 Å². The van der Waals surface area contributed by atoms with Crippen LogP contribution < -0.4 is 11.5 Å². The number of rotatable bonds is 15. The lowest BCUT2D eigenvalue weighted by Gasteiger charge is -2.28. The normalized spacial score (nSPS) is 12.0. The second-order valence-electron chi connectivity index (χ2n) is 5.06. The van der Waals surface area contributed by atoms with Gasteiger partial charge in [-0.2, -0.15) is 0 Å². The summed E-state index contributed by atoms with van der Waals surface area (Å²) in [6.45, 7) is 9.09. The standard InChI is InChI=1S/C9H23NO3Si.C6H17NO3Si/c1-4-11-14(12-5-2,13-6-3)9-7-8-10;1-8-11(9-2,10-3)6-4-5-7/h4-10H2,1-3H3;4-7H2,1-3H3. The average Bonchev–Trinajstić information content (AvgIpc) is 2.63. The van der Waals surface area contributed by atoms with Crippen molar-refractivity contribution in [3.63, 3.8) is 0 Å². The van der Waals surface area contributed by atoms with Gasteiger partial charge in [-0.3, -0.25) is 0 Å². The fraction of sp³-hybridized carbons (Fsp3) is 1.00. The summed E-state index contributed by atoms with van der Waals surface area (Å²) in [4.78, 5) is 0. The van der Waals surface area contributed by atoms with Gasteiger partial charge < -0.3 is 38.0 Å². The maximum atomic E-state index is 5.65. The maximum absolute atomic E-state index is 5.65. The molecule has 0 heterocycles. The molecule has 0 aliphatic carbocycles. The largest absolute Gasteiger partial charge is 0.500 e. The molecule has 25 heavy (non-hydrogen) atoms. The van der Waals surface area contributed by atoms with Crippen LogP contribution >= 0.6 is 0 Å². The smallest absolute Gasteiger partial charge is 0.377 e. The third-order valence-electron chi connectivity index (χ3n) is 3.40. The van der Waals surface area contributed by atoms with Gasteiger partial charge in [0.25, 0.3) is 0 Å². The van der Waals surface area contributed by atoms with E-state index in [1.165, 1.54) is 0 Å². The highest BCUT2D eigenvalue weighted by Crippen LogP contribution is 2.17. The summed E-state index contributed by atoms with van der Waals surface area (Å²) in [7, 11) is 0.106. The summed E-state index contributed by atoms with van der Waals surface area (Å²) < 4.78 is 32.5. The van der Waals surface area contributed by atoms with Crippen LogP contribution in [0, 0.1) is 0 Å². The number of hydrogen-bond acceptors (Lipinski definition) is 8. The number of nitrogens with two attached hydrogens (primary N) is 2. The van der Waals surface area contributed by atoms with Gasteiger partial charge in [0.15, 0.2) is 0 Å². The summed E-state index contributed by atoms with van der Waals surface area (Å²) in [5.74, 6) is 0. The van der Waals surface area contributed by atoms with Gasteiger partial charge in [-0.1, -0.05) is 0 Å². The minimum Gasteiger partial charge on any atom is -0.377 e. The van der Waals surface area contributed by atoms with Crippen molar-refractivity contribution in [3.8, 4) is 0 Å². The summed E-state index contributed by atoms with van der Waals surface area (Å²) in [6, 6.07) is 1.60. The molecule has 154 valence electrons. The predicted molar refractivity (Wildman–Crippen MR) is 104 cm³/mol. The van der Waals surface area contributed by atoms with Gasteiger partial charge in [-0.05, 0) is 46.7 Å². The van der Waals surface area contributed by atoms with Crippen LogP contribution in [-0.4, -0.2) is 71.8 Å². The Hall–Kier alpha value is 0.114. The van der Waals surface area contributed by atoms with E-state index in [2.05, 4.69) is 0 Å². The fourth-order valence-corrected chi connectivity index (χ4v) is 6.58. The van der Waals surface area contributed by atoms with E-state index in [0.717, 1.165) is 24.9 Å². The molecule has 10 heteroatoms. The van der Waals surface area contributed by atoms with Gasteiger partial charge in [0.05, 0.1) is 0 Å². The van der Waals surface area contributed by atoms with Crippen LogP contribution in [0.15, 0.2) is 0 Å². The quantitative estimate of drug-likeness (QED) is 0.399. The van der Waals surface area contributed by atoms with Crippen LogP contribution in [0.5, 0.6) is 0 Å². The zero-order valence-electron chi connectivity index (χ0n) is 17.0. The summed E-state index contributed by atoms with van der Waals surface area (Å²) in [5, 5.41) is 0. The Morgan fingerprint density at radius 2 is 0.920 bits per heavy atom. The second-order valence-corrected chi connectivity index (χ2v) is 10.9. The van der Waals surface area contributed by atoms with Crippen molar-refractivity contribution in [2.45, 2.75) is 45.7 Å². The third kappa shape index (κ3) is 12.2. The van der Waals surface area contributed by atoms with Gasteiger partial charge in [-0.25, -0.2) is 0 Å². The minimum atomic E-state index is -2.40. The van der Waals surface area contributed by atoms with Crippen LogP contribution in [-0.2, 0) is 26.6 Å². The molecule has 0 bridgehead atoms. The van der Waals surface area contributed by atoms with E-state index in [1.54, 1.807) is 21.3 Å². The Bertz CT molecular complexity index is 261. The molecule has 0 aromatic heterocycles. The summed E-state index contributed by atoms with van der Waals surface area (Å²) >= 11 is 0. The Morgan fingerprint density at radius 1 is 0.600 bits per heavy atom. The molecule has 0 amide bonds. The first kappa shape index (κ1) is 27.3. The lowest BCUT2D eigenvalue weighted by Crippen LogP contribution is -2.46. The second kappa shape index (κ2) is 17.5. The van der Waals surface area contributed by atoms with Crippen molar-refractivity contribution < 1.29 is 26.6 Å². The molecule has 0 rings (SSSR count). The van der Waals surface area contributed by atoms with Gasteiger partial charge in [0, 0.05) is 53.2 Å². The van der Waals surface area contributed by atoms with E-state index in [4.69, 9.17) is 38.0 Å². The highest BCUT2D eigenvalue weighted by molar-refractivity contribution is 6.61. The monoisotopic (exact) mass is 400 g/mol. The molecular formula is C15H40N2O6Si2. The van der Waals surface area contributed by atoms with Crippen LogP contribution in [0.4, 0.5) is 0 Å². The molecule has 0 atom stereocenters. The first-order chi connectivity index (χ1) is 12.0. The van der Waals surface area contributed by atoms with Gasteiger partial charge in [-0.15, -0.1) is 0 Å². The zero-order chi connectivity index (χ0) is 19.6. The first-order valence-electron chi connectivity index (χ1n) is 8.96. The van der Waals surface area contributed by atoms with Crippen molar-refractivity contribution in [1.82, 2.24) is 0 Å². The molecule has 0 aromatic rings. The summed E-state index contributed by atoms with van der Waals surface area (Å²) in [6.07, 6.45) is 1.77. The van der Waals surface area contributed by atoms with Crippen LogP contribution in [0.3, 0.4) is 0 Å². The molecule has 4 N–H and O–H groups in total. The average molecular weight is 401 g/mol. The molecule has 0 spiro atoms. The Labute approximate surface area is 156 Å². The molecule has 0 fully saturated rings. The van der Waals surface area contributed by atoms with E-state index in [-0.39, 0.29) is 0 Å². The fourth-order valence-electron chi connectivity index (χ4n) is 2.19. The molecular weight excluding hydrogens is 360 g/mol. The maximum Gasteiger partial charge on any atom is 0.500 e. The zero-order valence-corrected chi connectivity index (χ0v) is 19.0. The topological polar surface area (TPSA) is 107 Å². The molecule has 0 aliphatic rings. The molecule has 0 unspecified atom stereocenters. The lowest BCUT2D eigenvalue weighted by molar-refractivity contribution is 0.0710. The van der Waals surface area contributed by atoms with E-state index in [0.29, 0.717) is 32.9 Å². The van der Waals surface area contributed by atoms with Gasteiger partial charge in [0.1, 0.15) is 0 Å². The van der Waals surface area contributed by atoms with E-state index in [1.807, 2.05) is 20.8 Å². The molecule has 0 saturated carbocycles. The molecule has 0 aromatic carbocycles. The molecule has 0 aliphatic heterocycles. The first-order valence-corrected chi connectivity index (χ1v) is 12.8.